The van der Waals surface area contributed by atoms with Crippen molar-refractivity contribution in [2.24, 2.45) is 5.92 Å². The third kappa shape index (κ3) is 4.73. The van der Waals surface area contributed by atoms with Crippen molar-refractivity contribution in [2.75, 3.05) is 19.7 Å². The maximum Gasteiger partial charge on any atom is 0.418 e. The van der Waals surface area contributed by atoms with Crippen LogP contribution in [0.5, 0.6) is 0 Å². The lowest BCUT2D eigenvalue weighted by atomic mass is 10.0. The average Bonchev–Trinajstić information content (AvgIpc) is 3.40. The zero-order chi connectivity index (χ0) is 21.3. The molecule has 0 aliphatic carbocycles. The van der Waals surface area contributed by atoms with Gasteiger partial charge in [0.25, 0.3) is 5.91 Å². The van der Waals surface area contributed by atoms with Gasteiger partial charge in [-0.2, -0.15) is 13.5 Å². The lowest BCUT2D eigenvalue weighted by Gasteiger charge is -2.29. The number of urea groups is 1. The summed E-state index contributed by atoms with van der Waals surface area (Å²) in [6.45, 7) is 2.12. The number of nitrogens with one attached hydrogen (secondary N) is 2. The second-order valence-electron chi connectivity index (χ2n) is 7.75. The van der Waals surface area contributed by atoms with Crippen LogP contribution in [0.2, 0.25) is 0 Å². The number of imidazole rings is 1. The SMILES string of the molecule is O=C(NOC[C@@H]1C[C@@H](Cn2ccnc2)CN1)[C@@H]1CC[C@@H]2CN1C(=O)N2OS(=O)(=O)O. The van der Waals surface area contributed by atoms with Gasteiger partial charge in [0.15, 0.2) is 0 Å². The van der Waals surface area contributed by atoms with Crippen LogP contribution in [0.25, 0.3) is 0 Å². The molecule has 3 saturated heterocycles. The third-order valence-electron chi connectivity index (χ3n) is 5.60. The Bertz CT molecular complexity index is 879. The van der Waals surface area contributed by atoms with E-state index in [-0.39, 0.29) is 19.2 Å². The van der Waals surface area contributed by atoms with Crippen molar-refractivity contribution >= 4 is 22.3 Å². The molecule has 4 rings (SSSR count). The summed E-state index contributed by atoms with van der Waals surface area (Å²) >= 11 is 0. The second kappa shape index (κ2) is 8.47. The monoisotopic (exact) mass is 444 g/mol. The number of hydrogen-bond donors (Lipinski definition) is 3. The largest absolute Gasteiger partial charge is 0.418 e. The molecule has 3 aliphatic rings. The molecule has 0 spiro atoms. The van der Waals surface area contributed by atoms with Crippen LogP contribution in [-0.2, 0) is 30.9 Å². The fraction of sp³-hybridized carbons (Fsp3) is 0.688. The van der Waals surface area contributed by atoms with Crippen molar-refractivity contribution in [2.45, 2.75) is 43.9 Å². The second-order valence-corrected chi connectivity index (χ2v) is 8.76. The van der Waals surface area contributed by atoms with E-state index < -0.39 is 34.4 Å². The number of piperidine rings is 1. The van der Waals surface area contributed by atoms with Gasteiger partial charge in [-0.3, -0.25) is 14.2 Å². The van der Waals surface area contributed by atoms with Gasteiger partial charge in [-0.15, -0.1) is 4.28 Å². The Kier molecular flexibility index (Phi) is 5.92. The summed E-state index contributed by atoms with van der Waals surface area (Å²) in [4.78, 5) is 35.4. The lowest BCUT2D eigenvalue weighted by molar-refractivity contribution is -0.139. The van der Waals surface area contributed by atoms with E-state index in [1.54, 1.807) is 12.5 Å². The fourth-order valence-corrected chi connectivity index (χ4v) is 4.64. The molecule has 3 amide bonds. The molecule has 2 bridgehead atoms. The Hall–Kier alpha value is -2.26. The molecule has 3 fully saturated rings. The van der Waals surface area contributed by atoms with E-state index in [2.05, 4.69) is 20.1 Å². The minimum Gasteiger partial charge on any atom is -0.337 e. The molecule has 4 atom stereocenters. The number of hydrogen-bond acceptors (Lipinski definition) is 8. The molecule has 14 heteroatoms. The summed E-state index contributed by atoms with van der Waals surface area (Å²) in [6.07, 6.45) is 7.01. The van der Waals surface area contributed by atoms with Gasteiger partial charge in [-0.25, -0.2) is 15.3 Å². The predicted molar refractivity (Wildman–Crippen MR) is 99.6 cm³/mol. The quantitative estimate of drug-likeness (QED) is 0.335. The number of carbonyl (C=O) groups is 2. The van der Waals surface area contributed by atoms with Crippen LogP contribution < -0.4 is 10.8 Å². The molecule has 1 aromatic rings. The first kappa shape index (κ1) is 21.0. The maximum absolute atomic E-state index is 12.5. The Labute approximate surface area is 173 Å². The molecule has 166 valence electrons. The Balaban J connectivity index is 1.22. The maximum atomic E-state index is 12.5. The zero-order valence-corrected chi connectivity index (χ0v) is 16.9. The lowest BCUT2D eigenvalue weighted by Crippen LogP contribution is -2.50. The molecule has 0 aromatic carbocycles. The number of hydroxylamine groups is 3. The van der Waals surface area contributed by atoms with Crippen molar-refractivity contribution in [3.8, 4) is 0 Å². The number of nitrogens with zero attached hydrogens (tertiary/aromatic N) is 4. The van der Waals surface area contributed by atoms with Gasteiger partial charge in [0, 0.05) is 38.1 Å². The van der Waals surface area contributed by atoms with Crippen LogP contribution in [0.3, 0.4) is 0 Å². The Morgan fingerprint density at radius 3 is 2.97 bits per heavy atom. The highest BCUT2D eigenvalue weighted by Crippen LogP contribution is 2.30. The molecule has 30 heavy (non-hydrogen) atoms. The molecular formula is C16H24N6O7S. The summed E-state index contributed by atoms with van der Waals surface area (Å²) in [5.74, 6) is -0.0433. The first-order chi connectivity index (χ1) is 14.3. The summed E-state index contributed by atoms with van der Waals surface area (Å²) in [7, 11) is -4.82. The van der Waals surface area contributed by atoms with Gasteiger partial charge in [0.1, 0.15) is 6.04 Å². The highest BCUT2D eigenvalue weighted by molar-refractivity contribution is 7.80. The summed E-state index contributed by atoms with van der Waals surface area (Å²) in [5, 5.41) is 3.96. The summed E-state index contributed by atoms with van der Waals surface area (Å²) < 4.78 is 37.0. The molecular weight excluding hydrogens is 420 g/mol. The van der Waals surface area contributed by atoms with Crippen LogP contribution in [0.15, 0.2) is 18.7 Å². The fourth-order valence-electron chi connectivity index (χ4n) is 4.25. The predicted octanol–water partition coefficient (Wildman–Crippen LogP) is -1.09. The number of amides is 3. The van der Waals surface area contributed by atoms with E-state index in [1.807, 2.05) is 10.8 Å². The third-order valence-corrected chi connectivity index (χ3v) is 5.95. The van der Waals surface area contributed by atoms with Crippen LogP contribution >= 0.6 is 0 Å². The molecule has 0 saturated carbocycles. The van der Waals surface area contributed by atoms with Gasteiger partial charge in [-0.05, 0) is 25.2 Å². The van der Waals surface area contributed by atoms with Crippen molar-refractivity contribution in [3.05, 3.63) is 18.7 Å². The standard InChI is InChI=1S/C16H24N6O7S/c23-15(14-2-1-13-8-21(14)16(24)22(13)29-30(25,26)27)19-28-9-12-5-11(6-18-12)7-20-4-3-17-10-20/h3-4,10-14,18H,1-2,5-9H2,(H,19,23)(H,25,26,27)/t11-,12+,13-,14+/m1/s1. The van der Waals surface area contributed by atoms with Gasteiger partial charge >= 0.3 is 16.4 Å². The van der Waals surface area contributed by atoms with E-state index in [9.17, 15) is 18.0 Å². The highest BCUT2D eigenvalue weighted by atomic mass is 32.3. The Morgan fingerprint density at radius 1 is 1.40 bits per heavy atom. The van der Waals surface area contributed by atoms with E-state index in [1.165, 1.54) is 4.90 Å². The smallest absolute Gasteiger partial charge is 0.337 e. The van der Waals surface area contributed by atoms with Crippen LogP contribution in [0.1, 0.15) is 19.3 Å². The van der Waals surface area contributed by atoms with Crippen LogP contribution in [-0.4, -0.2) is 82.2 Å². The van der Waals surface area contributed by atoms with Crippen LogP contribution in [0.4, 0.5) is 4.79 Å². The topological polar surface area (TPSA) is 155 Å². The molecule has 13 nitrogen and oxygen atoms in total. The molecule has 3 aliphatic heterocycles. The first-order valence-corrected chi connectivity index (χ1v) is 11.0. The van der Waals surface area contributed by atoms with Gasteiger partial charge < -0.3 is 14.8 Å². The van der Waals surface area contributed by atoms with E-state index in [0.717, 1.165) is 19.5 Å². The van der Waals surface area contributed by atoms with Crippen LogP contribution in [0, 0.1) is 5.92 Å². The summed E-state index contributed by atoms with van der Waals surface area (Å²) in [6, 6.07) is -2.02. The minimum absolute atomic E-state index is 0.0987. The number of fused-ring (bicyclic) bond motifs is 2. The van der Waals surface area contributed by atoms with E-state index in [4.69, 9.17) is 9.39 Å². The number of aromatic nitrogens is 2. The zero-order valence-electron chi connectivity index (χ0n) is 16.1. The number of carbonyl (C=O) groups excluding carboxylic acids is 2. The minimum atomic E-state index is -4.82. The van der Waals surface area contributed by atoms with Crippen molar-refractivity contribution in [1.82, 2.24) is 30.3 Å². The molecule has 1 aromatic heterocycles. The van der Waals surface area contributed by atoms with E-state index >= 15 is 0 Å². The van der Waals surface area contributed by atoms with Crippen molar-refractivity contribution < 1.29 is 31.7 Å². The Morgan fingerprint density at radius 2 is 2.23 bits per heavy atom. The molecule has 0 unspecified atom stereocenters. The van der Waals surface area contributed by atoms with Crippen molar-refractivity contribution in [3.63, 3.8) is 0 Å². The van der Waals surface area contributed by atoms with Gasteiger partial charge in [-0.1, -0.05) is 0 Å². The normalized spacial score (nSPS) is 28.9. The highest BCUT2D eigenvalue weighted by Gasteiger charge is 2.49. The summed E-state index contributed by atoms with van der Waals surface area (Å²) in [5.41, 5.74) is 2.39. The van der Waals surface area contributed by atoms with Crippen molar-refractivity contribution in [1.29, 1.82) is 0 Å². The number of rotatable bonds is 8. The van der Waals surface area contributed by atoms with Gasteiger partial charge in [0.2, 0.25) is 0 Å². The molecule has 0 radical (unpaired) electrons. The molecule has 4 heterocycles. The van der Waals surface area contributed by atoms with E-state index in [0.29, 0.717) is 23.8 Å². The average molecular weight is 444 g/mol. The molecule has 3 N–H and O–H groups in total. The van der Waals surface area contributed by atoms with Gasteiger partial charge in [0.05, 0.1) is 19.0 Å². The first-order valence-electron chi connectivity index (χ1n) is 9.68.